The number of nitrogens with two attached hydrogens (primary N) is 1. The number of aryl methyl sites for hydroxylation is 2. The predicted octanol–water partition coefficient (Wildman–Crippen LogP) is 3.39. The van der Waals surface area contributed by atoms with E-state index < -0.39 is 11.9 Å². The van der Waals surface area contributed by atoms with E-state index in [0.717, 1.165) is 11.3 Å². The van der Waals surface area contributed by atoms with Crippen LogP contribution in [0.4, 0.5) is 11.4 Å². The van der Waals surface area contributed by atoms with Crippen molar-refractivity contribution in [2.75, 3.05) is 5.32 Å². The standard InChI is InChI=1S/C19H17N3O3/c1-10-4-3-5-13(6-10)22-17-14-8-12(19(24)25)7-11(2)16(14)21-9-15(17)18(20)23/h3-9H,1-2H3,(H2,20,23)(H,21,22)(H,24,25). The van der Waals surface area contributed by atoms with Crippen molar-refractivity contribution in [2.24, 2.45) is 5.73 Å². The minimum Gasteiger partial charge on any atom is -0.478 e. The normalized spacial score (nSPS) is 10.6. The highest BCUT2D eigenvalue weighted by Gasteiger charge is 2.17. The number of carboxylic acids is 1. The van der Waals surface area contributed by atoms with E-state index in [-0.39, 0.29) is 11.1 Å². The first-order chi connectivity index (χ1) is 11.9. The van der Waals surface area contributed by atoms with E-state index in [4.69, 9.17) is 5.73 Å². The SMILES string of the molecule is Cc1cccc(Nc2c(C(N)=O)cnc3c(C)cc(C(=O)O)cc23)c1. The molecule has 1 aromatic heterocycles. The lowest BCUT2D eigenvalue weighted by Gasteiger charge is -2.15. The number of benzene rings is 2. The molecule has 0 fully saturated rings. The molecule has 0 radical (unpaired) electrons. The van der Waals surface area contributed by atoms with Gasteiger partial charge in [0.2, 0.25) is 0 Å². The monoisotopic (exact) mass is 335 g/mol. The Morgan fingerprint density at radius 2 is 1.92 bits per heavy atom. The molecular formula is C19H17N3O3. The van der Waals surface area contributed by atoms with Crippen LogP contribution in [0.15, 0.2) is 42.6 Å². The van der Waals surface area contributed by atoms with E-state index >= 15 is 0 Å². The zero-order valence-corrected chi connectivity index (χ0v) is 13.8. The van der Waals surface area contributed by atoms with Crippen LogP contribution in [0.25, 0.3) is 10.9 Å². The van der Waals surface area contributed by atoms with Gasteiger partial charge in [-0.15, -0.1) is 0 Å². The fraction of sp³-hybridized carbons (Fsp3) is 0.105. The Balaban J connectivity index is 2.30. The van der Waals surface area contributed by atoms with Crippen molar-refractivity contribution in [3.8, 4) is 0 Å². The zero-order valence-electron chi connectivity index (χ0n) is 13.8. The largest absolute Gasteiger partial charge is 0.478 e. The number of amides is 1. The quantitative estimate of drug-likeness (QED) is 0.678. The summed E-state index contributed by atoms with van der Waals surface area (Å²) in [5.74, 6) is -1.68. The summed E-state index contributed by atoms with van der Waals surface area (Å²) in [5.41, 5.74) is 9.41. The minimum absolute atomic E-state index is 0.126. The Kier molecular flexibility index (Phi) is 4.10. The summed E-state index contributed by atoms with van der Waals surface area (Å²) in [6.07, 6.45) is 1.41. The molecule has 4 N–H and O–H groups in total. The maximum atomic E-state index is 11.9. The van der Waals surface area contributed by atoms with Gasteiger partial charge in [0.25, 0.3) is 5.91 Å². The van der Waals surface area contributed by atoms with Crippen LogP contribution < -0.4 is 11.1 Å². The number of aromatic carboxylic acids is 1. The van der Waals surface area contributed by atoms with Crippen LogP contribution >= 0.6 is 0 Å². The molecule has 1 heterocycles. The molecule has 0 aliphatic carbocycles. The van der Waals surface area contributed by atoms with Gasteiger partial charge in [0, 0.05) is 17.3 Å². The van der Waals surface area contributed by atoms with Crippen LogP contribution in [0.3, 0.4) is 0 Å². The number of rotatable bonds is 4. The first-order valence-corrected chi connectivity index (χ1v) is 7.67. The fourth-order valence-corrected chi connectivity index (χ4v) is 2.79. The molecule has 0 spiro atoms. The lowest BCUT2D eigenvalue weighted by Crippen LogP contribution is -2.14. The number of anilines is 2. The predicted molar refractivity (Wildman–Crippen MR) is 96.4 cm³/mol. The third-order valence-corrected chi connectivity index (χ3v) is 3.96. The van der Waals surface area contributed by atoms with Gasteiger partial charge in [-0.05, 0) is 49.2 Å². The van der Waals surface area contributed by atoms with E-state index in [1.165, 1.54) is 12.3 Å². The van der Waals surface area contributed by atoms with Crippen molar-refractivity contribution in [2.45, 2.75) is 13.8 Å². The Hall–Kier alpha value is -3.41. The van der Waals surface area contributed by atoms with E-state index in [1.807, 2.05) is 31.2 Å². The molecule has 0 aliphatic heterocycles. The number of primary amides is 1. The van der Waals surface area contributed by atoms with Gasteiger partial charge in [0.15, 0.2) is 0 Å². The molecule has 0 unspecified atom stereocenters. The van der Waals surface area contributed by atoms with Gasteiger partial charge in [0.05, 0.1) is 22.3 Å². The van der Waals surface area contributed by atoms with Crippen LogP contribution in [-0.2, 0) is 0 Å². The number of nitrogens with one attached hydrogen (secondary N) is 1. The second-order valence-corrected chi connectivity index (χ2v) is 5.90. The zero-order chi connectivity index (χ0) is 18.1. The van der Waals surface area contributed by atoms with Crippen LogP contribution in [0, 0.1) is 13.8 Å². The molecule has 25 heavy (non-hydrogen) atoms. The van der Waals surface area contributed by atoms with Crippen LogP contribution in [0.1, 0.15) is 31.8 Å². The van der Waals surface area contributed by atoms with Crippen LogP contribution in [0.2, 0.25) is 0 Å². The highest BCUT2D eigenvalue weighted by Crippen LogP contribution is 2.31. The lowest BCUT2D eigenvalue weighted by atomic mass is 10.0. The van der Waals surface area contributed by atoms with Gasteiger partial charge in [0.1, 0.15) is 0 Å². The van der Waals surface area contributed by atoms with Crippen molar-refractivity contribution in [3.63, 3.8) is 0 Å². The minimum atomic E-state index is -1.05. The number of carboxylic acid groups (broad SMARTS) is 1. The summed E-state index contributed by atoms with van der Waals surface area (Å²) in [5, 5.41) is 13.1. The number of aromatic nitrogens is 1. The van der Waals surface area contributed by atoms with E-state index in [2.05, 4.69) is 10.3 Å². The molecule has 1 amide bonds. The first-order valence-electron chi connectivity index (χ1n) is 7.67. The third kappa shape index (κ3) is 3.14. The lowest BCUT2D eigenvalue weighted by molar-refractivity contribution is 0.0696. The molecule has 2 aromatic carbocycles. The smallest absolute Gasteiger partial charge is 0.335 e. The van der Waals surface area contributed by atoms with Gasteiger partial charge in [-0.3, -0.25) is 9.78 Å². The van der Waals surface area contributed by atoms with E-state index in [0.29, 0.717) is 22.2 Å². The highest BCUT2D eigenvalue weighted by atomic mass is 16.4. The number of hydrogen-bond acceptors (Lipinski definition) is 4. The number of fused-ring (bicyclic) bond motifs is 1. The molecular weight excluding hydrogens is 318 g/mol. The van der Waals surface area contributed by atoms with E-state index in [9.17, 15) is 14.7 Å². The molecule has 0 atom stereocenters. The van der Waals surface area contributed by atoms with Gasteiger partial charge in [-0.1, -0.05) is 12.1 Å². The Bertz CT molecular complexity index is 1010. The molecule has 3 rings (SSSR count). The Morgan fingerprint density at radius 1 is 1.16 bits per heavy atom. The number of carbonyl (C=O) groups is 2. The van der Waals surface area contributed by atoms with Crippen LogP contribution in [0.5, 0.6) is 0 Å². The number of hydrogen-bond donors (Lipinski definition) is 3. The summed E-state index contributed by atoms with van der Waals surface area (Å²) >= 11 is 0. The average Bonchev–Trinajstić information content (AvgIpc) is 2.55. The summed E-state index contributed by atoms with van der Waals surface area (Å²) in [6.45, 7) is 3.74. The molecule has 0 bridgehead atoms. The van der Waals surface area contributed by atoms with Crippen molar-refractivity contribution >= 4 is 34.2 Å². The second kappa shape index (κ2) is 6.24. The molecule has 3 aromatic rings. The molecule has 126 valence electrons. The summed E-state index contributed by atoms with van der Waals surface area (Å²) < 4.78 is 0. The van der Waals surface area contributed by atoms with Crippen LogP contribution in [-0.4, -0.2) is 22.0 Å². The summed E-state index contributed by atoms with van der Waals surface area (Å²) in [4.78, 5) is 27.5. The van der Waals surface area contributed by atoms with Crippen molar-refractivity contribution < 1.29 is 14.7 Å². The number of pyridine rings is 1. The molecule has 6 nitrogen and oxygen atoms in total. The number of nitrogens with zero attached hydrogens (tertiary/aromatic N) is 1. The topological polar surface area (TPSA) is 105 Å². The van der Waals surface area contributed by atoms with Gasteiger partial charge >= 0.3 is 5.97 Å². The molecule has 0 saturated heterocycles. The van der Waals surface area contributed by atoms with Gasteiger partial charge in [-0.2, -0.15) is 0 Å². The summed E-state index contributed by atoms with van der Waals surface area (Å²) in [7, 11) is 0. The van der Waals surface area contributed by atoms with E-state index in [1.54, 1.807) is 13.0 Å². The number of carbonyl (C=O) groups excluding carboxylic acids is 1. The molecule has 6 heteroatoms. The van der Waals surface area contributed by atoms with Crippen molar-refractivity contribution in [1.29, 1.82) is 0 Å². The molecule has 0 saturated carbocycles. The fourth-order valence-electron chi connectivity index (χ4n) is 2.79. The van der Waals surface area contributed by atoms with Crippen molar-refractivity contribution in [3.05, 3.63) is 64.8 Å². The summed E-state index contributed by atoms with van der Waals surface area (Å²) in [6, 6.07) is 10.7. The van der Waals surface area contributed by atoms with Gasteiger partial charge < -0.3 is 16.2 Å². The maximum absolute atomic E-state index is 11.9. The Labute approximate surface area is 144 Å². The Morgan fingerprint density at radius 3 is 2.56 bits per heavy atom. The van der Waals surface area contributed by atoms with Gasteiger partial charge in [-0.25, -0.2) is 4.79 Å². The average molecular weight is 335 g/mol. The highest BCUT2D eigenvalue weighted by molar-refractivity contribution is 6.09. The maximum Gasteiger partial charge on any atom is 0.335 e. The second-order valence-electron chi connectivity index (χ2n) is 5.90. The third-order valence-electron chi connectivity index (χ3n) is 3.96. The van der Waals surface area contributed by atoms with Crippen molar-refractivity contribution in [1.82, 2.24) is 4.98 Å². The molecule has 0 aliphatic rings. The first kappa shape index (κ1) is 16.4.